The smallest absolute Gasteiger partial charge is 0.129 e. The van der Waals surface area contributed by atoms with Crippen LogP contribution < -0.4 is 0 Å². The third kappa shape index (κ3) is 1.91. The summed E-state index contributed by atoms with van der Waals surface area (Å²) in [6.45, 7) is 2.30. The Balaban J connectivity index is 2.32. The molecule has 0 saturated heterocycles. The molecule has 1 aromatic rings. The highest BCUT2D eigenvalue weighted by atomic mass is 79.9. The van der Waals surface area contributed by atoms with Gasteiger partial charge in [0, 0.05) is 6.07 Å². The van der Waals surface area contributed by atoms with Crippen molar-refractivity contribution in [1.82, 2.24) is 9.78 Å². The second kappa shape index (κ2) is 3.97. The standard InChI is InChI=1S/C10H14Br2N2/c1-10(5-3-2-4-6-10)14-9(12)7-8(11)13-14/h7H,2-6H2,1H3. The summed E-state index contributed by atoms with van der Waals surface area (Å²) in [5.41, 5.74) is 0.211. The molecule has 1 aliphatic rings. The Bertz CT molecular complexity index is 327. The Hall–Kier alpha value is 0.170. The number of hydrogen-bond acceptors (Lipinski definition) is 1. The number of rotatable bonds is 1. The molecule has 0 radical (unpaired) electrons. The molecule has 0 amide bonds. The summed E-state index contributed by atoms with van der Waals surface area (Å²) in [4.78, 5) is 0. The van der Waals surface area contributed by atoms with E-state index in [0.29, 0.717) is 0 Å². The molecule has 1 saturated carbocycles. The summed E-state index contributed by atoms with van der Waals surface area (Å²) < 4.78 is 4.11. The molecule has 0 aromatic carbocycles. The first-order valence-corrected chi connectivity index (χ1v) is 6.62. The lowest BCUT2D eigenvalue weighted by molar-refractivity contribution is 0.194. The van der Waals surface area contributed by atoms with Crippen LogP contribution in [0.15, 0.2) is 15.3 Å². The van der Waals surface area contributed by atoms with Gasteiger partial charge in [0.2, 0.25) is 0 Å². The van der Waals surface area contributed by atoms with Crippen molar-refractivity contribution in [1.29, 1.82) is 0 Å². The third-order valence-electron chi connectivity index (χ3n) is 3.08. The van der Waals surface area contributed by atoms with Crippen molar-refractivity contribution in [3.63, 3.8) is 0 Å². The maximum atomic E-state index is 4.49. The highest BCUT2D eigenvalue weighted by Crippen LogP contribution is 2.36. The fourth-order valence-corrected chi connectivity index (χ4v) is 3.64. The van der Waals surface area contributed by atoms with Gasteiger partial charge >= 0.3 is 0 Å². The number of nitrogens with zero attached hydrogens (tertiary/aromatic N) is 2. The Morgan fingerprint density at radius 2 is 1.93 bits per heavy atom. The zero-order valence-corrected chi connectivity index (χ0v) is 11.4. The van der Waals surface area contributed by atoms with Crippen LogP contribution in [0.1, 0.15) is 39.0 Å². The van der Waals surface area contributed by atoms with Gasteiger partial charge < -0.3 is 0 Å². The van der Waals surface area contributed by atoms with Gasteiger partial charge in [-0.3, -0.25) is 4.68 Å². The molecule has 0 N–H and O–H groups in total. The fraction of sp³-hybridized carbons (Fsp3) is 0.700. The quantitative estimate of drug-likeness (QED) is 0.762. The molecular weight excluding hydrogens is 308 g/mol. The van der Waals surface area contributed by atoms with Crippen LogP contribution in [0, 0.1) is 0 Å². The van der Waals surface area contributed by atoms with Crippen molar-refractivity contribution < 1.29 is 0 Å². The maximum absolute atomic E-state index is 4.49. The Morgan fingerprint density at radius 3 is 2.43 bits per heavy atom. The third-order valence-corrected chi connectivity index (χ3v) is 4.03. The Labute approximate surface area is 101 Å². The van der Waals surface area contributed by atoms with E-state index < -0.39 is 0 Å². The molecule has 0 atom stereocenters. The van der Waals surface area contributed by atoms with Gasteiger partial charge in [0.15, 0.2) is 0 Å². The molecule has 1 fully saturated rings. The van der Waals surface area contributed by atoms with Crippen LogP contribution in [-0.4, -0.2) is 9.78 Å². The van der Waals surface area contributed by atoms with Crippen molar-refractivity contribution in [2.45, 2.75) is 44.6 Å². The molecule has 1 aromatic heterocycles. The minimum atomic E-state index is 0.211. The number of halogens is 2. The predicted molar refractivity (Wildman–Crippen MR) is 64.4 cm³/mol. The van der Waals surface area contributed by atoms with Crippen molar-refractivity contribution >= 4 is 31.9 Å². The van der Waals surface area contributed by atoms with Gasteiger partial charge in [0.05, 0.1) is 5.54 Å². The SMILES string of the molecule is CC1(n2nc(Br)cc2Br)CCCCC1. The fourth-order valence-electron chi connectivity index (χ4n) is 2.24. The minimum absolute atomic E-state index is 0.211. The minimum Gasteiger partial charge on any atom is -0.252 e. The topological polar surface area (TPSA) is 17.8 Å². The van der Waals surface area contributed by atoms with Gasteiger partial charge in [-0.1, -0.05) is 19.3 Å². The zero-order chi connectivity index (χ0) is 10.2. The lowest BCUT2D eigenvalue weighted by Gasteiger charge is -2.34. The summed E-state index contributed by atoms with van der Waals surface area (Å²) in [5.74, 6) is 0. The molecule has 0 spiro atoms. The molecule has 0 bridgehead atoms. The monoisotopic (exact) mass is 320 g/mol. The van der Waals surface area contributed by atoms with Crippen LogP contribution in [0.4, 0.5) is 0 Å². The molecule has 1 aliphatic carbocycles. The van der Waals surface area contributed by atoms with E-state index in [9.17, 15) is 0 Å². The van der Waals surface area contributed by atoms with Crippen LogP contribution >= 0.6 is 31.9 Å². The summed E-state index contributed by atoms with van der Waals surface area (Å²) in [6.07, 6.45) is 6.48. The van der Waals surface area contributed by atoms with Crippen molar-refractivity contribution in [3.8, 4) is 0 Å². The number of hydrogen-bond donors (Lipinski definition) is 0. The largest absolute Gasteiger partial charge is 0.252 e. The Morgan fingerprint density at radius 1 is 1.29 bits per heavy atom. The molecular formula is C10H14Br2N2. The second-order valence-electron chi connectivity index (χ2n) is 4.26. The summed E-state index contributed by atoms with van der Waals surface area (Å²) in [7, 11) is 0. The first-order valence-electron chi connectivity index (χ1n) is 5.03. The highest BCUT2D eigenvalue weighted by molar-refractivity contribution is 9.11. The molecule has 78 valence electrons. The van der Waals surface area contributed by atoms with E-state index >= 15 is 0 Å². The zero-order valence-electron chi connectivity index (χ0n) is 8.26. The van der Waals surface area contributed by atoms with Gasteiger partial charge in [0.1, 0.15) is 9.21 Å². The van der Waals surface area contributed by atoms with Crippen LogP contribution in [0.5, 0.6) is 0 Å². The van der Waals surface area contributed by atoms with Crippen molar-refractivity contribution in [2.75, 3.05) is 0 Å². The van der Waals surface area contributed by atoms with Crippen LogP contribution in [0.2, 0.25) is 0 Å². The summed E-state index contributed by atoms with van der Waals surface area (Å²) in [5, 5.41) is 4.49. The van der Waals surface area contributed by atoms with E-state index in [2.05, 4.69) is 48.6 Å². The molecule has 14 heavy (non-hydrogen) atoms. The first-order chi connectivity index (χ1) is 6.62. The van der Waals surface area contributed by atoms with E-state index in [0.717, 1.165) is 9.21 Å². The van der Waals surface area contributed by atoms with E-state index in [4.69, 9.17) is 0 Å². The normalized spacial score (nSPS) is 21.1. The van der Waals surface area contributed by atoms with Crippen molar-refractivity contribution in [2.24, 2.45) is 0 Å². The van der Waals surface area contributed by atoms with E-state index in [-0.39, 0.29) is 5.54 Å². The number of aromatic nitrogens is 2. The van der Waals surface area contributed by atoms with Gasteiger partial charge in [-0.25, -0.2) is 0 Å². The Kier molecular flexibility index (Phi) is 3.03. The molecule has 2 rings (SSSR count). The molecule has 4 heteroatoms. The van der Waals surface area contributed by atoms with Gasteiger partial charge in [0.25, 0.3) is 0 Å². The maximum Gasteiger partial charge on any atom is 0.129 e. The lowest BCUT2D eigenvalue weighted by atomic mass is 9.83. The van der Waals surface area contributed by atoms with E-state index in [1.54, 1.807) is 0 Å². The summed E-state index contributed by atoms with van der Waals surface area (Å²) >= 11 is 6.97. The van der Waals surface area contributed by atoms with E-state index in [1.165, 1.54) is 32.1 Å². The second-order valence-corrected chi connectivity index (χ2v) is 5.88. The summed E-state index contributed by atoms with van der Waals surface area (Å²) in [6, 6.07) is 2.01. The average molecular weight is 322 g/mol. The van der Waals surface area contributed by atoms with Crippen LogP contribution in [0.3, 0.4) is 0 Å². The average Bonchev–Trinajstić information content (AvgIpc) is 2.47. The first kappa shape index (κ1) is 10.7. The van der Waals surface area contributed by atoms with Gasteiger partial charge in [-0.05, 0) is 51.6 Å². The molecule has 0 unspecified atom stereocenters. The lowest BCUT2D eigenvalue weighted by Crippen LogP contribution is -2.33. The van der Waals surface area contributed by atoms with Gasteiger partial charge in [-0.2, -0.15) is 5.10 Å². The highest BCUT2D eigenvalue weighted by Gasteiger charge is 2.31. The molecule has 2 nitrogen and oxygen atoms in total. The molecule has 1 heterocycles. The van der Waals surface area contributed by atoms with Crippen LogP contribution in [-0.2, 0) is 5.54 Å². The van der Waals surface area contributed by atoms with Crippen LogP contribution in [0.25, 0.3) is 0 Å². The van der Waals surface area contributed by atoms with Gasteiger partial charge in [-0.15, -0.1) is 0 Å². The van der Waals surface area contributed by atoms with Crippen molar-refractivity contribution in [3.05, 3.63) is 15.3 Å². The van der Waals surface area contributed by atoms with E-state index in [1.807, 2.05) is 6.07 Å². The molecule has 0 aliphatic heterocycles. The predicted octanol–water partition coefficient (Wildman–Crippen LogP) is 4.09.